The number of benzene rings is 2. The van der Waals surface area contributed by atoms with E-state index in [9.17, 15) is 22.4 Å². The number of anilines is 2. The summed E-state index contributed by atoms with van der Waals surface area (Å²) in [5, 5.41) is 13.9. The van der Waals surface area contributed by atoms with Gasteiger partial charge in [-0.2, -0.15) is 0 Å². The van der Waals surface area contributed by atoms with Gasteiger partial charge >= 0.3 is 6.09 Å². The molecule has 0 saturated carbocycles. The molecular weight excluding hydrogens is 469 g/mol. The number of hydrogen-bond acceptors (Lipinski definition) is 6. The van der Waals surface area contributed by atoms with Crippen molar-refractivity contribution in [1.82, 2.24) is 15.3 Å². The van der Waals surface area contributed by atoms with Crippen molar-refractivity contribution in [3.05, 3.63) is 66.0 Å². The Balaban J connectivity index is 1.65. The summed E-state index contributed by atoms with van der Waals surface area (Å²) in [7, 11) is -4.18. The second-order valence-corrected chi connectivity index (χ2v) is 9.28. The molecule has 4 rings (SSSR count). The van der Waals surface area contributed by atoms with E-state index in [-0.39, 0.29) is 40.8 Å². The molecule has 2 heterocycles. The van der Waals surface area contributed by atoms with Gasteiger partial charge in [-0.25, -0.2) is 22.6 Å². The number of carboxylic acid groups (broad SMARTS) is 1. The van der Waals surface area contributed by atoms with Gasteiger partial charge < -0.3 is 20.1 Å². The lowest BCUT2D eigenvalue weighted by atomic mass is 10.2. The van der Waals surface area contributed by atoms with Crippen molar-refractivity contribution >= 4 is 33.4 Å². The first kappa shape index (κ1) is 23.0. The molecule has 34 heavy (non-hydrogen) atoms. The van der Waals surface area contributed by atoms with Crippen molar-refractivity contribution < 1.29 is 32.2 Å². The Kier molecular flexibility index (Phi) is 6.11. The SMILES string of the molecule is Cc1nc[nH]c1C(=O)NCC1CN(S(=O)(=O)c2ccc(F)cc2)c2cc(NC(=O)O)ccc2O1. The van der Waals surface area contributed by atoms with Crippen LogP contribution in [0.25, 0.3) is 0 Å². The number of hydrogen-bond donors (Lipinski definition) is 4. The number of aryl methyl sites for hydroxylation is 1. The summed E-state index contributed by atoms with van der Waals surface area (Å²) in [6.45, 7) is 1.45. The third kappa shape index (κ3) is 4.64. The summed E-state index contributed by atoms with van der Waals surface area (Å²) in [5.74, 6) is -0.854. The fourth-order valence-corrected chi connectivity index (χ4v) is 4.97. The molecule has 1 aliphatic heterocycles. The molecule has 4 N–H and O–H groups in total. The number of carbonyl (C=O) groups is 2. The molecule has 11 nitrogen and oxygen atoms in total. The van der Waals surface area contributed by atoms with Gasteiger partial charge in [-0.15, -0.1) is 0 Å². The monoisotopic (exact) mass is 489 g/mol. The van der Waals surface area contributed by atoms with Gasteiger partial charge in [-0.05, 0) is 49.4 Å². The molecule has 0 bridgehead atoms. The number of carbonyl (C=O) groups excluding carboxylic acids is 1. The van der Waals surface area contributed by atoms with Crippen molar-refractivity contribution in [1.29, 1.82) is 0 Å². The van der Waals surface area contributed by atoms with E-state index in [4.69, 9.17) is 9.84 Å². The Hall–Kier alpha value is -4.13. The van der Waals surface area contributed by atoms with Gasteiger partial charge in [0.25, 0.3) is 15.9 Å². The quantitative estimate of drug-likeness (QED) is 0.414. The molecule has 13 heteroatoms. The average Bonchev–Trinajstić information content (AvgIpc) is 3.22. The molecule has 0 fully saturated rings. The molecule has 0 aliphatic carbocycles. The summed E-state index contributed by atoms with van der Waals surface area (Å²) in [5.41, 5.74) is 1.01. The van der Waals surface area contributed by atoms with Crippen molar-refractivity contribution in [2.75, 3.05) is 22.7 Å². The summed E-state index contributed by atoms with van der Waals surface area (Å²) < 4.78 is 47.1. The van der Waals surface area contributed by atoms with Crippen LogP contribution in [0, 0.1) is 12.7 Å². The minimum atomic E-state index is -4.18. The molecule has 2 amide bonds. The van der Waals surface area contributed by atoms with Gasteiger partial charge in [0.2, 0.25) is 0 Å². The summed E-state index contributed by atoms with van der Waals surface area (Å²) in [4.78, 5) is 30.0. The van der Waals surface area contributed by atoms with E-state index in [1.807, 2.05) is 0 Å². The molecule has 3 aromatic rings. The largest absolute Gasteiger partial charge is 0.484 e. The Morgan fingerprint density at radius 2 is 2.00 bits per heavy atom. The first-order valence-corrected chi connectivity index (χ1v) is 11.5. The van der Waals surface area contributed by atoms with Gasteiger partial charge in [0, 0.05) is 5.69 Å². The lowest BCUT2D eigenvalue weighted by molar-refractivity contribution is 0.0922. The molecule has 0 radical (unpaired) electrons. The van der Waals surface area contributed by atoms with Crippen LogP contribution in [0.4, 0.5) is 20.6 Å². The van der Waals surface area contributed by atoms with Crippen LogP contribution in [0.3, 0.4) is 0 Å². The molecular formula is C21H20FN5O6S. The number of fused-ring (bicyclic) bond motifs is 1. The third-order valence-corrected chi connectivity index (χ3v) is 6.88. The van der Waals surface area contributed by atoms with E-state index in [2.05, 4.69) is 20.6 Å². The van der Waals surface area contributed by atoms with Gasteiger partial charge in [0.05, 0.1) is 35.7 Å². The smallest absolute Gasteiger partial charge is 0.409 e. The highest BCUT2D eigenvalue weighted by Crippen LogP contribution is 2.39. The van der Waals surface area contributed by atoms with Crippen LogP contribution in [0.15, 0.2) is 53.7 Å². The molecule has 0 spiro atoms. The number of imidazole rings is 1. The number of aromatic nitrogens is 2. The Bertz CT molecular complexity index is 1340. The van der Waals surface area contributed by atoms with Crippen molar-refractivity contribution in [2.24, 2.45) is 0 Å². The van der Waals surface area contributed by atoms with Crippen LogP contribution < -0.4 is 19.7 Å². The molecule has 1 unspecified atom stereocenters. The molecule has 178 valence electrons. The zero-order chi connectivity index (χ0) is 24.5. The van der Waals surface area contributed by atoms with Crippen LogP contribution in [0.5, 0.6) is 5.75 Å². The lowest BCUT2D eigenvalue weighted by Gasteiger charge is -2.35. The predicted octanol–water partition coefficient (Wildman–Crippen LogP) is 2.33. The second-order valence-electron chi connectivity index (χ2n) is 7.42. The van der Waals surface area contributed by atoms with Crippen molar-refractivity contribution in [3.63, 3.8) is 0 Å². The highest BCUT2D eigenvalue weighted by molar-refractivity contribution is 7.92. The number of ether oxygens (including phenoxy) is 1. The van der Waals surface area contributed by atoms with Crippen LogP contribution in [0.1, 0.15) is 16.2 Å². The molecule has 0 saturated heterocycles. The zero-order valence-corrected chi connectivity index (χ0v) is 18.6. The maximum atomic E-state index is 13.4. The number of amides is 2. The Labute approximate surface area is 193 Å². The average molecular weight is 489 g/mol. The van der Waals surface area contributed by atoms with E-state index in [1.165, 1.54) is 24.5 Å². The van der Waals surface area contributed by atoms with Crippen molar-refractivity contribution in [2.45, 2.75) is 17.9 Å². The minimum Gasteiger partial charge on any atom is -0.484 e. The number of aromatic amines is 1. The lowest BCUT2D eigenvalue weighted by Crippen LogP contribution is -2.48. The van der Waals surface area contributed by atoms with E-state index in [0.29, 0.717) is 5.69 Å². The fourth-order valence-electron chi connectivity index (χ4n) is 3.47. The van der Waals surface area contributed by atoms with Gasteiger partial charge in [-0.3, -0.25) is 14.4 Å². The highest BCUT2D eigenvalue weighted by Gasteiger charge is 2.35. The highest BCUT2D eigenvalue weighted by atomic mass is 32.2. The van der Waals surface area contributed by atoms with Crippen LogP contribution in [-0.4, -0.2) is 54.7 Å². The van der Waals surface area contributed by atoms with E-state index >= 15 is 0 Å². The van der Waals surface area contributed by atoms with Crippen LogP contribution >= 0.6 is 0 Å². The van der Waals surface area contributed by atoms with Gasteiger partial charge in [0.1, 0.15) is 23.4 Å². The normalized spacial score (nSPS) is 15.2. The van der Waals surface area contributed by atoms with E-state index in [0.717, 1.165) is 28.6 Å². The summed E-state index contributed by atoms with van der Waals surface area (Å²) >= 11 is 0. The first-order valence-electron chi connectivity index (χ1n) is 10.0. The molecule has 1 atom stereocenters. The zero-order valence-electron chi connectivity index (χ0n) is 17.8. The molecule has 2 aromatic carbocycles. The summed E-state index contributed by atoms with van der Waals surface area (Å²) in [6.07, 6.45) is -0.704. The number of nitrogens with one attached hydrogen (secondary N) is 3. The second kappa shape index (κ2) is 9.02. The summed E-state index contributed by atoms with van der Waals surface area (Å²) in [6, 6.07) is 8.51. The van der Waals surface area contributed by atoms with E-state index < -0.39 is 33.9 Å². The van der Waals surface area contributed by atoms with Gasteiger partial charge in [-0.1, -0.05) is 0 Å². The number of rotatable bonds is 6. The van der Waals surface area contributed by atoms with Crippen LogP contribution in [0.2, 0.25) is 0 Å². The van der Waals surface area contributed by atoms with Gasteiger partial charge in [0.15, 0.2) is 0 Å². The maximum absolute atomic E-state index is 13.4. The third-order valence-electron chi connectivity index (χ3n) is 5.09. The number of nitrogens with zero attached hydrogens (tertiary/aromatic N) is 2. The van der Waals surface area contributed by atoms with Crippen LogP contribution in [-0.2, 0) is 10.0 Å². The van der Waals surface area contributed by atoms with Crippen molar-refractivity contribution in [3.8, 4) is 5.75 Å². The first-order chi connectivity index (χ1) is 16.1. The number of sulfonamides is 1. The fraction of sp³-hybridized carbons (Fsp3) is 0.190. The Morgan fingerprint density at radius 1 is 1.26 bits per heavy atom. The standard InChI is InChI=1S/C21H20FN5O6S/c1-12-19(25-11-24-12)20(28)23-9-15-10-27(34(31,32)16-5-2-13(22)3-6-16)17-8-14(26-21(29)30)4-7-18(17)33-15/h2-8,11,15,26H,9-10H2,1H3,(H,23,28)(H,24,25)(H,29,30). The predicted molar refractivity (Wildman–Crippen MR) is 119 cm³/mol. The Morgan fingerprint density at radius 3 is 2.65 bits per heavy atom. The molecule has 1 aromatic heterocycles. The van der Waals surface area contributed by atoms with E-state index in [1.54, 1.807) is 6.92 Å². The number of H-pyrrole nitrogens is 1. The number of halogens is 1. The topological polar surface area (TPSA) is 154 Å². The molecule has 1 aliphatic rings. The maximum Gasteiger partial charge on any atom is 0.409 e. The minimum absolute atomic E-state index is 0.0265.